The molecule has 0 aliphatic rings. The zero-order chi connectivity index (χ0) is 14.5. The van der Waals surface area contributed by atoms with E-state index < -0.39 is 0 Å². The van der Waals surface area contributed by atoms with E-state index >= 15 is 0 Å². The number of benzene rings is 1. The number of allylic oxidation sites excluding steroid dienone is 1. The Labute approximate surface area is 114 Å². The van der Waals surface area contributed by atoms with Crippen molar-refractivity contribution in [1.82, 2.24) is 0 Å². The fourth-order valence-electron chi connectivity index (χ4n) is 2.25. The van der Waals surface area contributed by atoms with Crippen molar-refractivity contribution in [2.45, 2.75) is 67.2 Å². The molecule has 1 rings (SSSR count). The Morgan fingerprint density at radius 1 is 0.944 bits per heavy atom. The van der Waals surface area contributed by atoms with E-state index in [1.165, 1.54) is 27.8 Å². The van der Waals surface area contributed by atoms with Crippen LogP contribution in [0.2, 0.25) is 0 Å². The second-order valence-corrected chi connectivity index (χ2v) is 5.41. The molecule has 0 atom stereocenters. The van der Waals surface area contributed by atoms with Gasteiger partial charge in [0.2, 0.25) is 0 Å². The molecule has 0 saturated heterocycles. The molecule has 0 aromatic heterocycles. The van der Waals surface area contributed by atoms with Crippen molar-refractivity contribution in [3.63, 3.8) is 0 Å². The molecule has 0 bridgehead atoms. The molecular weight excluding hydrogens is 216 g/mol. The van der Waals surface area contributed by atoms with E-state index in [1.807, 2.05) is 13.8 Å². The van der Waals surface area contributed by atoms with Gasteiger partial charge in [-0.3, -0.25) is 0 Å². The third kappa shape index (κ3) is 4.01. The first kappa shape index (κ1) is 17.0. The number of hydrogen-bond donors (Lipinski definition) is 0. The van der Waals surface area contributed by atoms with Crippen molar-refractivity contribution in [2.75, 3.05) is 0 Å². The minimum absolute atomic E-state index is 0.559. The van der Waals surface area contributed by atoms with Crippen molar-refractivity contribution in [3.8, 4) is 0 Å². The topological polar surface area (TPSA) is 0 Å². The second kappa shape index (κ2) is 7.41. The standard InChI is InChI=1S/C16H24.C2H6/c1-10(2)14-8-13(7)9-15(11(3)4)16(14)12(5)6;1-2/h8-11H,5H2,1-4,6-7H3;1-2H3. The van der Waals surface area contributed by atoms with E-state index in [9.17, 15) is 0 Å². The second-order valence-electron chi connectivity index (χ2n) is 5.41. The summed E-state index contributed by atoms with van der Waals surface area (Å²) in [6, 6.07) is 4.61. The smallest absolute Gasteiger partial charge is 0.0164 e. The molecule has 18 heavy (non-hydrogen) atoms. The summed E-state index contributed by atoms with van der Waals surface area (Å²) in [7, 11) is 0. The van der Waals surface area contributed by atoms with Crippen molar-refractivity contribution < 1.29 is 0 Å². The molecule has 0 nitrogen and oxygen atoms in total. The van der Waals surface area contributed by atoms with Crippen molar-refractivity contribution >= 4 is 5.57 Å². The van der Waals surface area contributed by atoms with Gasteiger partial charge in [-0.1, -0.05) is 71.4 Å². The van der Waals surface area contributed by atoms with Gasteiger partial charge in [0, 0.05) is 0 Å². The third-order valence-corrected chi connectivity index (χ3v) is 3.01. The fraction of sp³-hybridized carbons (Fsp3) is 0.556. The summed E-state index contributed by atoms with van der Waals surface area (Å²) in [5.41, 5.74) is 6.81. The van der Waals surface area contributed by atoms with Crippen LogP contribution in [0, 0.1) is 6.92 Å². The minimum atomic E-state index is 0.559. The van der Waals surface area contributed by atoms with Crippen LogP contribution in [0.3, 0.4) is 0 Å². The summed E-state index contributed by atoms with van der Waals surface area (Å²) in [6.45, 7) is 21.5. The van der Waals surface area contributed by atoms with Gasteiger partial charge in [-0.2, -0.15) is 0 Å². The first-order valence-electron chi connectivity index (χ1n) is 7.15. The average molecular weight is 246 g/mol. The molecule has 1 aromatic carbocycles. The number of aryl methyl sites for hydroxylation is 1. The molecule has 102 valence electrons. The van der Waals surface area contributed by atoms with Gasteiger partial charge in [0.05, 0.1) is 0 Å². The van der Waals surface area contributed by atoms with Gasteiger partial charge in [-0.15, -0.1) is 0 Å². The Balaban J connectivity index is 0.00000137. The highest BCUT2D eigenvalue weighted by molar-refractivity contribution is 5.69. The van der Waals surface area contributed by atoms with Crippen LogP contribution in [-0.2, 0) is 0 Å². The zero-order valence-corrected chi connectivity index (χ0v) is 13.5. The first-order chi connectivity index (χ1) is 8.34. The van der Waals surface area contributed by atoms with E-state index in [4.69, 9.17) is 0 Å². The van der Waals surface area contributed by atoms with Gasteiger partial charge in [0.1, 0.15) is 0 Å². The Kier molecular flexibility index (Phi) is 6.98. The van der Waals surface area contributed by atoms with Crippen LogP contribution in [-0.4, -0.2) is 0 Å². The largest absolute Gasteiger partial charge is 0.0955 e. The van der Waals surface area contributed by atoms with Crippen molar-refractivity contribution in [3.05, 3.63) is 41.0 Å². The van der Waals surface area contributed by atoms with Crippen LogP contribution < -0.4 is 0 Å². The SMILES string of the molecule is C=C(C)c1c(C(C)C)cc(C)cc1C(C)C.CC. The van der Waals surface area contributed by atoms with Gasteiger partial charge in [0.15, 0.2) is 0 Å². The van der Waals surface area contributed by atoms with E-state index in [0.29, 0.717) is 11.8 Å². The Hall–Kier alpha value is -1.04. The molecule has 0 radical (unpaired) electrons. The lowest BCUT2D eigenvalue weighted by atomic mass is 9.84. The highest BCUT2D eigenvalue weighted by Gasteiger charge is 2.14. The van der Waals surface area contributed by atoms with Crippen LogP contribution in [0.5, 0.6) is 0 Å². The van der Waals surface area contributed by atoms with Crippen molar-refractivity contribution in [2.24, 2.45) is 0 Å². The maximum Gasteiger partial charge on any atom is -0.0164 e. The molecule has 0 amide bonds. The van der Waals surface area contributed by atoms with Gasteiger partial charge in [-0.05, 0) is 42.4 Å². The van der Waals surface area contributed by atoms with E-state index in [-0.39, 0.29) is 0 Å². The number of rotatable bonds is 3. The van der Waals surface area contributed by atoms with E-state index in [2.05, 4.69) is 60.3 Å². The molecule has 0 saturated carbocycles. The Morgan fingerprint density at radius 2 is 1.28 bits per heavy atom. The molecule has 0 heteroatoms. The fourth-order valence-corrected chi connectivity index (χ4v) is 2.25. The maximum atomic E-state index is 4.14. The summed E-state index contributed by atoms with van der Waals surface area (Å²) in [5, 5.41) is 0. The molecule has 0 unspecified atom stereocenters. The van der Waals surface area contributed by atoms with Crippen LogP contribution >= 0.6 is 0 Å². The molecule has 0 heterocycles. The maximum absolute atomic E-state index is 4.14. The first-order valence-corrected chi connectivity index (χ1v) is 7.15. The van der Waals surface area contributed by atoms with Gasteiger partial charge >= 0.3 is 0 Å². The molecule has 0 aliphatic heterocycles. The third-order valence-electron chi connectivity index (χ3n) is 3.01. The average Bonchev–Trinajstić information content (AvgIpc) is 2.29. The Morgan fingerprint density at radius 3 is 1.50 bits per heavy atom. The van der Waals surface area contributed by atoms with Crippen LogP contribution in [0.15, 0.2) is 18.7 Å². The molecule has 0 N–H and O–H groups in total. The monoisotopic (exact) mass is 246 g/mol. The summed E-state index contributed by atoms with van der Waals surface area (Å²) in [4.78, 5) is 0. The van der Waals surface area contributed by atoms with Crippen LogP contribution in [0.1, 0.15) is 82.6 Å². The van der Waals surface area contributed by atoms with Gasteiger partial charge in [0.25, 0.3) is 0 Å². The van der Waals surface area contributed by atoms with Crippen LogP contribution in [0.4, 0.5) is 0 Å². The van der Waals surface area contributed by atoms with E-state index in [1.54, 1.807) is 0 Å². The van der Waals surface area contributed by atoms with Gasteiger partial charge < -0.3 is 0 Å². The molecular formula is C18H30. The number of hydrogen-bond acceptors (Lipinski definition) is 0. The summed E-state index contributed by atoms with van der Waals surface area (Å²) in [6.07, 6.45) is 0. The lowest BCUT2D eigenvalue weighted by Gasteiger charge is -2.21. The van der Waals surface area contributed by atoms with Gasteiger partial charge in [-0.25, -0.2) is 0 Å². The van der Waals surface area contributed by atoms with E-state index in [0.717, 1.165) is 0 Å². The summed E-state index contributed by atoms with van der Waals surface area (Å²) < 4.78 is 0. The lowest BCUT2D eigenvalue weighted by Crippen LogP contribution is -2.02. The quantitative estimate of drug-likeness (QED) is 0.587. The molecule has 0 fully saturated rings. The molecule has 1 aromatic rings. The normalized spacial score (nSPS) is 10.3. The highest BCUT2D eigenvalue weighted by atomic mass is 14.2. The zero-order valence-electron chi connectivity index (χ0n) is 13.5. The lowest BCUT2D eigenvalue weighted by molar-refractivity contribution is 0.824. The van der Waals surface area contributed by atoms with Crippen molar-refractivity contribution in [1.29, 1.82) is 0 Å². The summed E-state index contributed by atoms with van der Waals surface area (Å²) >= 11 is 0. The highest BCUT2D eigenvalue weighted by Crippen LogP contribution is 2.33. The van der Waals surface area contributed by atoms with Crippen LogP contribution in [0.25, 0.3) is 5.57 Å². The molecule has 0 aliphatic carbocycles. The predicted molar refractivity (Wildman–Crippen MR) is 85.4 cm³/mol. The minimum Gasteiger partial charge on any atom is -0.0955 e. The summed E-state index contributed by atoms with van der Waals surface area (Å²) in [5.74, 6) is 1.12. The predicted octanol–water partition coefficient (Wildman–Crippen LogP) is 6.30. The molecule has 0 spiro atoms. The Bertz CT molecular complexity index is 365.